The molecule has 0 radical (unpaired) electrons. The van der Waals surface area contributed by atoms with Gasteiger partial charge in [0.1, 0.15) is 5.82 Å². The van der Waals surface area contributed by atoms with Gasteiger partial charge in [0.05, 0.1) is 16.2 Å². The van der Waals surface area contributed by atoms with Crippen LogP contribution < -0.4 is 4.72 Å². The van der Waals surface area contributed by atoms with Crippen LogP contribution in [-0.4, -0.2) is 24.5 Å². The van der Waals surface area contributed by atoms with E-state index >= 15 is 0 Å². The quantitative estimate of drug-likeness (QED) is 0.799. The Labute approximate surface area is 135 Å². The van der Waals surface area contributed by atoms with Gasteiger partial charge in [0, 0.05) is 4.47 Å². The van der Waals surface area contributed by atoms with Crippen LogP contribution in [0.4, 0.5) is 10.1 Å². The molecule has 0 saturated heterocycles. The normalized spacial score (nSPS) is 11.4. The van der Waals surface area contributed by atoms with Gasteiger partial charge in [-0.15, -0.1) is 11.3 Å². The number of aromatic carboxylic acids is 1. The van der Waals surface area contributed by atoms with Crippen LogP contribution in [-0.2, 0) is 10.0 Å². The van der Waals surface area contributed by atoms with E-state index in [0.717, 1.165) is 17.6 Å². The van der Waals surface area contributed by atoms with Gasteiger partial charge < -0.3 is 5.11 Å². The number of hydrogen-bond donors (Lipinski definition) is 2. The van der Waals surface area contributed by atoms with E-state index < -0.39 is 31.7 Å². The van der Waals surface area contributed by atoms with Gasteiger partial charge in [-0.05, 0) is 28.1 Å². The summed E-state index contributed by atoms with van der Waals surface area (Å²) in [4.78, 5) is 14.4. The molecule has 0 saturated carbocycles. The van der Waals surface area contributed by atoms with Gasteiger partial charge in [-0.25, -0.2) is 22.6 Å². The number of carboxylic acid groups (broad SMARTS) is 1. The van der Waals surface area contributed by atoms with Crippen molar-refractivity contribution in [3.63, 3.8) is 0 Å². The van der Waals surface area contributed by atoms with E-state index in [1.807, 2.05) is 0 Å². The molecule has 6 nitrogen and oxygen atoms in total. The first-order valence-corrected chi connectivity index (χ1v) is 8.60. The Bertz CT molecular complexity index is 801. The Balaban J connectivity index is 2.48. The molecule has 21 heavy (non-hydrogen) atoms. The Morgan fingerprint density at radius 1 is 1.48 bits per heavy atom. The Morgan fingerprint density at radius 2 is 2.14 bits per heavy atom. The summed E-state index contributed by atoms with van der Waals surface area (Å²) in [7, 11) is -4.22. The molecular weight excluding hydrogens is 411 g/mol. The van der Waals surface area contributed by atoms with Crippen LogP contribution in [0, 0.1) is 5.82 Å². The molecule has 0 fully saturated rings. The van der Waals surface area contributed by atoms with Crippen molar-refractivity contribution in [1.82, 2.24) is 4.98 Å². The van der Waals surface area contributed by atoms with Gasteiger partial charge in [0.25, 0.3) is 10.0 Å². The van der Waals surface area contributed by atoms with Gasteiger partial charge in [-0.1, -0.05) is 11.6 Å². The molecule has 0 bridgehead atoms. The number of nitrogens with one attached hydrogen (secondary N) is 1. The van der Waals surface area contributed by atoms with Crippen LogP contribution in [0.3, 0.4) is 0 Å². The largest absolute Gasteiger partial charge is 0.476 e. The summed E-state index contributed by atoms with van der Waals surface area (Å²) in [5.41, 5.74) is 0.406. The third-order valence-electron chi connectivity index (χ3n) is 2.22. The Kier molecular flexibility index (Phi) is 4.51. The number of thiazole rings is 1. The maximum absolute atomic E-state index is 13.1. The average Bonchev–Trinajstić information content (AvgIpc) is 2.83. The maximum atomic E-state index is 13.1. The topological polar surface area (TPSA) is 96.4 Å². The van der Waals surface area contributed by atoms with Gasteiger partial charge in [0.2, 0.25) is 0 Å². The number of halogens is 3. The molecule has 0 spiro atoms. The molecule has 0 aliphatic rings. The lowest BCUT2D eigenvalue weighted by molar-refractivity contribution is 0.0687. The number of aromatic nitrogens is 1. The first-order valence-electron chi connectivity index (χ1n) is 5.06. The molecule has 1 aromatic heterocycles. The molecule has 2 aromatic rings. The highest BCUT2D eigenvalue weighted by Crippen LogP contribution is 2.34. The standard InChI is InChI=1S/C10H5BrClFN2O4S2/c11-5-1-4(13)2-6(12)7(5)15-21(18,19)10-8(9(16)17)14-3-20-10/h1-3,15H,(H,16,17). The van der Waals surface area contributed by atoms with E-state index in [2.05, 4.69) is 25.6 Å². The second-order valence-electron chi connectivity index (χ2n) is 3.64. The minimum atomic E-state index is -4.22. The summed E-state index contributed by atoms with van der Waals surface area (Å²) in [6.45, 7) is 0. The highest BCUT2D eigenvalue weighted by atomic mass is 79.9. The van der Waals surface area contributed by atoms with Gasteiger partial charge in [-0.2, -0.15) is 0 Å². The van der Waals surface area contributed by atoms with E-state index in [-0.39, 0.29) is 15.2 Å². The summed E-state index contributed by atoms with van der Waals surface area (Å²) in [6, 6.07) is 1.95. The molecule has 11 heteroatoms. The molecule has 2 N–H and O–H groups in total. The van der Waals surface area contributed by atoms with E-state index in [9.17, 15) is 17.6 Å². The van der Waals surface area contributed by atoms with Gasteiger partial charge >= 0.3 is 5.97 Å². The van der Waals surface area contributed by atoms with E-state index in [1.54, 1.807) is 0 Å². The molecule has 0 aliphatic carbocycles. The Morgan fingerprint density at radius 3 is 2.71 bits per heavy atom. The zero-order valence-electron chi connectivity index (χ0n) is 9.80. The molecule has 1 heterocycles. The number of nitrogens with zero attached hydrogens (tertiary/aromatic N) is 1. The van der Waals surface area contributed by atoms with Crippen LogP contribution >= 0.6 is 38.9 Å². The number of sulfonamides is 1. The van der Waals surface area contributed by atoms with Gasteiger partial charge in [0.15, 0.2) is 9.90 Å². The first-order chi connectivity index (χ1) is 9.72. The lowest BCUT2D eigenvalue weighted by Crippen LogP contribution is -2.16. The van der Waals surface area contributed by atoms with Crippen molar-refractivity contribution < 1.29 is 22.7 Å². The van der Waals surface area contributed by atoms with Crippen molar-refractivity contribution in [2.24, 2.45) is 0 Å². The van der Waals surface area contributed by atoms with Crippen LogP contribution in [0.25, 0.3) is 0 Å². The monoisotopic (exact) mass is 414 g/mol. The fourth-order valence-corrected chi connectivity index (χ4v) is 4.72. The summed E-state index contributed by atoms with van der Waals surface area (Å²) >= 11 is 9.40. The Hall–Kier alpha value is -1.23. The molecule has 0 amide bonds. The molecule has 0 unspecified atom stereocenters. The molecule has 112 valence electrons. The number of rotatable bonds is 4. The van der Waals surface area contributed by atoms with E-state index in [0.29, 0.717) is 11.3 Å². The maximum Gasteiger partial charge on any atom is 0.356 e. The predicted molar refractivity (Wildman–Crippen MR) is 79.0 cm³/mol. The molecule has 1 aromatic carbocycles. The molecular formula is C10H5BrClFN2O4S2. The van der Waals surface area contributed by atoms with Crippen LogP contribution in [0.2, 0.25) is 5.02 Å². The lowest BCUT2D eigenvalue weighted by atomic mass is 10.3. The lowest BCUT2D eigenvalue weighted by Gasteiger charge is -2.10. The molecule has 0 atom stereocenters. The summed E-state index contributed by atoms with van der Waals surface area (Å²) in [6.07, 6.45) is 0. The minimum Gasteiger partial charge on any atom is -0.476 e. The van der Waals surface area contributed by atoms with E-state index in [1.165, 1.54) is 0 Å². The number of hydrogen-bond acceptors (Lipinski definition) is 5. The first kappa shape index (κ1) is 16.1. The number of carbonyl (C=O) groups is 1. The second-order valence-corrected chi connectivity index (χ2v) is 7.64. The van der Waals surface area contributed by atoms with Crippen LogP contribution in [0.15, 0.2) is 26.3 Å². The minimum absolute atomic E-state index is 0.0810. The fraction of sp³-hybridized carbons (Fsp3) is 0. The summed E-state index contributed by atoms with van der Waals surface area (Å²) in [5.74, 6) is -2.13. The third kappa shape index (κ3) is 3.34. The SMILES string of the molecule is O=C(O)c1ncsc1S(=O)(=O)Nc1c(Cl)cc(F)cc1Br. The van der Waals surface area contributed by atoms with Crippen molar-refractivity contribution in [2.75, 3.05) is 4.72 Å². The van der Waals surface area contributed by atoms with Gasteiger partial charge in [-0.3, -0.25) is 4.72 Å². The smallest absolute Gasteiger partial charge is 0.356 e. The van der Waals surface area contributed by atoms with Crippen molar-refractivity contribution in [1.29, 1.82) is 0 Å². The summed E-state index contributed by atoms with van der Waals surface area (Å²) < 4.78 is 39.2. The number of carboxylic acids is 1. The highest BCUT2D eigenvalue weighted by Gasteiger charge is 2.27. The number of anilines is 1. The van der Waals surface area contributed by atoms with Crippen molar-refractivity contribution >= 4 is 60.5 Å². The van der Waals surface area contributed by atoms with Crippen molar-refractivity contribution in [3.05, 3.63) is 38.6 Å². The molecule has 0 aliphatic heterocycles. The average molecular weight is 416 g/mol. The number of benzene rings is 1. The van der Waals surface area contributed by atoms with E-state index in [4.69, 9.17) is 16.7 Å². The molecule has 2 rings (SSSR count). The predicted octanol–water partition coefficient (Wildman–Crippen LogP) is 3.20. The van der Waals surface area contributed by atoms with Crippen molar-refractivity contribution in [2.45, 2.75) is 4.21 Å². The fourth-order valence-electron chi connectivity index (χ4n) is 1.39. The van der Waals surface area contributed by atoms with Crippen LogP contribution in [0.1, 0.15) is 10.5 Å². The zero-order chi connectivity index (χ0) is 15.8. The highest BCUT2D eigenvalue weighted by molar-refractivity contribution is 9.10. The second kappa shape index (κ2) is 5.87. The summed E-state index contributed by atoms with van der Waals surface area (Å²) in [5, 5.41) is 8.72. The van der Waals surface area contributed by atoms with Crippen LogP contribution in [0.5, 0.6) is 0 Å². The van der Waals surface area contributed by atoms with Crippen molar-refractivity contribution in [3.8, 4) is 0 Å². The zero-order valence-corrected chi connectivity index (χ0v) is 13.8. The third-order valence-corrected chi connectivity index (χ3v) is 5.87.